The van der Waals surface area contributed by atoms with Crippen molar-refractivity contribution in [2.24, 2.45) is 0 Å². The van der Waals surface area contributed by atoms with Crippen molar-refractivity contribution in [3.63, 3.8) is 0 Å². The van der Waals surface area contributed by atoms with E-state index in [9.17, 15) is 9.59 Å². The van der Waals surface area contributed by atoms with Crippen molar-refractivity contribution in [1.82, 2.24) is 20.9 Å². The van der Waals surface area contributed by atoms with Crippen LogP contribution in [0.4, 0.5) is 0 Å². The quantitative estimate of drug-likeness (QED) is 0.547. The molecule has 3 aliphatic rings. The molecule has 6 bridgehead atoms. The van der Waals surface area contributed by atoms with Crippen LogP contribution in [0.2, 0.25) is 0 Å². The molecule has 0 aromatic heterocycles. The van der Waals surface area contributed by atoms with Crippen LogP contribution in [-0.4, -0.2) is 63.1 Å². The number of carbonyl (C=O) groups excluding carboxylic acids is 2. The molecule has 3 N–H and O–H groups in total. The van der Waals surface area contributed by atoms with E-state index in [1.807, 2.05) is 53.4 Å². The van der Waals surface area contributed by atoms with E-state index in [0.29, 0.717) is 49.7 Å². The van der Waals surface area contributed by atoms with Gasteiger partial charge in [0.05, 0.1) is 7.11 Å². The fourth-order valence-electron chi connectivity index (χ4n) is 4.61. The number of nitrogens with zero attached hydrogens (tertiary/aromatic N) is 1. The van der Waals surface area contributed by atoms with Gasteiger partial charge in [0.15, 0.2) is 11.5 Å². The average molecular weight is 507 g/mol. The molecule has 0 saturated carbocycles. The maximum atomic E-state index is 13.1. The summed E-state index contributed by atoms with van der Waals surface area (Å²) in [6.07, 6.45) is 7.37. The number of fused-ring (bicyclic) bond motifs is 3. The van der Waals surface area contributed by atoms with Gasteiger partial charge in [-0.3, -0.25) is 9.59 Å². The Morgan fingerprint density at radius 3 is 2.54 bits per heavy atom. The zero-order chi connectivity index (χ0) is 25.9. The highest BCUT2D eigenvalue weighted by atomic mass is 16.5. The van der Waals surface area contributed by atoms with Crippen molar-refractivity contribution in [3.05, 3.63) is 59.7 Å². The Labute approximate surface area is 219 Å². The molecule has 8 nitrogen and oxygen atoms in total. The lowest BCUT2D eigenvalue weighted by Crippen LogP contribution is -2.35. The lowest BCUT2D eigenvalue weighted by Gasteiger charge is -2.22. The van der Waals surface area contributed by atoms with Gasteiger partial charge in [-0.15, -0.1) is 0 Å². The molecule has 198 valence electrons. The molecule has 5 rings (SSSR count). The number of rotatable bonds is 1. The summed E-state index contributed by atoms with van der Waals surface area (Å²) in [5, 5.41) is 10.1. The minimum Gasteiger partial charge on any atom is -0.493 e. The Kier molecular flexibility index (Phi) is 9.97. The van der Waals surface area contributed by atoms with Gasteiger partial charge in [0.25, 0.3) is 0 Å². The van der Waals surface area contributed by atoms with Crippen molar-refractivity contribution in [1.29, 1.82) is 0 Å². The predicted octanol–water partition coefficient (Wildman–Crippen LogP) is 3.64. The van der Waals surface area contributed by atoms with E-state index in [2.05, 4.69) is 16.0 Å². The third kappa shape index (κ3) is 8.06. The van der Waals surface area contributed by atoms with E-state index < -0.39 is 0 Å². The first-order chi connectivity index (χ1) is 18.1. The predicted molar refractivity (Wildman–Crippen MR) is 145 cm³/mol. The first-order valence-electron chi connectivity index (χ1n) is 13.3. The molecule has 1 saturated heterocycles. The van der Waals surface area contributed by atoms with Crippen LogP contribution in [0.1, 0.15) is 49.3 Å². The normalized spacial score (nSPS) is 20.4. The standard InChI is InChI=1S/C29H38N4O4/c1-36-26-12-6-22-7-13-29(35)33-18-3-2-14-30-15-4-16-31-25(21-28(34)32-17-5-19-33)23-8-10-24(11-9-23)37-27(26)20-22/h6-13,20,25,30-31H,2-5,14-19,21H2,1H3,(H,32,34)/t25-/m0/s1. The van der Waals surface area contributed by atoms with Crippen LogP contribution >= 0.6 is 0 Å². The molecule has 0 spiro atoms. The summed E-state index contributed by atoms with van der Waals surface area (Å²) in [7, 11) is 1.61. The number of benzene rings is 2. The number of ether oxygens (including phenoxy) is 2. The largest absolute Gasteiger partial charge is 0.493 e. The third-order valence-corrected chi connectivity index (χ3v) is 6.70. The van der Waals surface area contributed by atoms with Gasteiger partial charge in [-0.1, -0.05) is 18.2 Å². The topological polar surface area (TPSA) is 91.9 Å². The van der Waals surface area contributed by atoms with Crippen LogP contribution in [0.25, 0.3) is 6.08 Å². The van der Waals surface area contributed by atoms with Crippen molar-refractivity contribution >= 4 is 17.9 Å². The second kappa shape index (κ2) is 13.8. The smallest absolute Gasteiger partial charge is 0.246 e. The number of methoxy groups -OCH3 is 1. The Morgan fingerprint density at radius 2 is 1.70 bits per heavy atom. The maximum absolute atomic E-state index is 13.1. The van der Waals surface area contributed by atoms with Gasteiger partial charge < -0.3 is 30.3 Å². The summed E-state index contributed by atoms with van der Waals surface area (Å²) in [4.78, 5) is 27.8. The zero-order valence-electron chi connectivity index (χ0n) is 21.6. The highest BCUT2D eigenvalue weighted by molar-refractivity contribution is 5.91. The monoisotopic (exact) mass is 506 g/mol. The fraction of sp³-hybridized carbons (Fsp3) is 0.448. The van der Waals surface area contributed by atoms with E-state index >= 15 is 0 Å². The number of carbonyl (C=O) groups is 2. The Hall–Kier alpha value is -3.36. The molecule has 1 atom stereocenters. The molecular formula is C29H38N4O4. The van der Waals surface area contributed by atoms with E-state index in [4.69, 9.17) is 9.47 Å². The SMILES string of the molecule is COc1ccc2cc1Oc1ccc(cc1)[C@@H]1CC(=O)NCCCN(CCCCNCCCN1)C(=O)C=C2. The summed E-state index contributed by atoms with van der Waals surface area (Å²) in [5.41, 5.74) is 1.88. The molecule has 3 aliphatic heterocycles. The summed E-state index contributed by atoms with van der Waals surface area (Å²) in [6, 6.07) is 13.3. The van der Waals surface area contributed by atoms with Crippen LogP contribution in [0.5, 0.6) is 17.2 Å². The van der Waals surface area contributed by atoms with Gasteiger partial charge in [0.1, 0.15) is 5.75 Å². The molecule has 2 amide bonds. The van der Waals surface area contributed by atoms with Gasteiger partial charge in [0, 0.05) is 38.2 Å². The molecule has 3 heterocycles. The minimum atomic E-state index is -0.105. The van der Waals surface area contributed by atoms with Gasteiger partial charge in [-0.2, -0.15) is 0 Å². The van der Waals surface area contributed by atoms with Gasteiger partial charge in [-0.05, 0) is 86.8 Å². The summed E-state index contributed by atoms with van der Waals surface area (Å²) in [5.74, 6) is 1.81. The minimum absolute atomic E-state index is 0.00304. The van der Waals surface area contributed by atoms with Crippen molar-refractivity contribution in [2.75, 3.05) is 46.4 Å². The average Bonchev–Trinajstić information content (AvgIpc) is 2.91. The molecule has 0 aliphatic carbocycles. The third-order valence-electron chi connectivity index (χ3n) is 6.70. The van der Waals surface area contributed by atoms with Crippen LogP contribution in [0, 0.1) is 0 Å². The van der Waals surface area contributed by atoms with Gasteiger partial charge >= 0.3 is 0 Å². The number of nitrogens with one attached hydrogen (secondary N) is 3. The van der Waals surface area contributed by atoms with E-state index in [1.54, 1.807) is 13.2 Å². The second-order valence-corrected chi connectivity index (χ2v) is 9.47. The zero-order valence-corrected chi connectivity index (χ0v) is 21.6. The molecule has 0 unspecified atom stereocenters. The number of amides is 2. The van der Waals surface area contributed by atoms with E-state index in [0.717, 1.165) is 50.0 Å². The molecule has 2 aromatic rings. The fourth-order valence-corrected chi connectivity index (χ4v) is 4.61. The molecule has 2 aromatic carbocycles. The summed E-state index contributed by atoms with van der Waals surface area (Å²) < 4.78 is 11.7. The summed E-state index contributed by atoms with van der Waals surface area (Å²) in [6.45, 7) is 4.46. The Morgan fingerprint density at radius 1 is 0.892 bits per heavy atom. The summed E-state index contributed by atoms with van der Waals surface area (Å²) >= 11 is 0. The van der Waals surface area contributed by atoms with Crippen LogP contribution < -0.4 is 25.4 Å². The maximum Gasteiger partial charge on any atom is 0.246 e. The molecular weight excluding hydrogens is 468 g/mol. The molecule has 8 heteroatoms. The van der Waals surface area contributed by atoms with Gasteiger partial charge in [-0.25, -0.2) is 0 Å². The highest BCUT2D eigenvalue weighted by Gasteiger charge is 2.17. The molecule has 1 fully saturated rings. The van der Waals surface area contributed by atoms with Crippen molar-refractivity contribution in [2.45, 2.75) is 38.1 Å². The highest BCUT2D eigenvalue weighted by Crippen LogP contribution is 2.33. The van der Waals surface area contributed by atoms with Crippen LogP contribution in [-0.2, 0) is 9.59 Å². The molecule has 37 heavy (non-hydrogen) atoms. The van der Waals surface area contributed by atoms with Crippen molar-refractivity contribution in [3.8, 4) is 17.2 Å². The second-order valence-electron chi connectivity index (χ2n) is 9.47. The van der Waals surface area contributed by atoms with E-state index in [1.165, 1.54) is 0 Å². The van der Waals surface area contributed by atoms with Gasteiger partial charge in [0.2, 0.25) is 11.8 Å². The van der Waals surface area contributed by atoms with Crippen LogP contribution in [0.3, 0.4) is 0 Å². The van der Waals surface area contributed by atoms with E-state index in [-0.39, 0.29) is 17.9 Å². The van der Waals surface area contributed by atoms with Crippen molar-refractivity contribution < 1.29 is 19.1 Å². The number of hydrogen-bond acceptors (Lipinski definition) is 6. The number of hydrogen-bond donors (Lipinski definition) is 3. The lowest BCUT2D eigenvalue weighted by molar-refractivity contribution is -0.126. The first-order valence-corrected chi connectivity index (χ1v) is 13.3. The van der Waals surface area contributed by atoms with Crippen LogP contribution in [0.15, 0.2) is 48.5 Å². The molecule has 0 radical (unpaired) electrons. The Bertz CT molecular complexity index is 1070. The Balaban J connectivity index is 1.68. The lowest BCUT2D eigenvalue weighted by atomic mass is 10.0. The first kappa shape index (κ1) is 26.7.